The van der Waals surface area contributed by atoms with Crippen molar-refractivity contribution in [1.82, 2.24) is 0 Å². The molecule has 0 aromatic heterocycles. The Bertz CT molecular complexity index is 1710. The van der Waals surface area contributed by atoms with Gasteiger partial charge in [0.1, 0.15) is 0 Å². The minimum Gasteiger partial charge on any atom is -0.0625 e. The summed E-state index contributed by atoms with van der Waals surface area (Å²) in [6.45, 7) is 49.3. The number of hydrogen-bond acceptors (Lipinski definition) is 0. The molecule has 10 saturated carbocycles. The van der Waals surface area contributed by atoms with Gasteiger partial charge in [-0.1, -0.05) is 196 Å². The van der Waals surface area contributed by atoms with E-state index in [4.69, 9.17) is 0 Å². The third-order valence-corrected chi connectivity index (χ3v) is 28.2. The molecule has 5 spiro atoms. The molecule has 0 heteroatoms. The van der Waals surface area contributed by atoms with Gasteiger partial charge in [-0.2, -0.15) is 0 Å². The van der Waals surface area contributed by atoms with Gasteiger partial charge >= 0.3 is 0 Å². The van der Waals surface area contributed by atoms with Crippen LogP contribution >= 0.6 is 0 Å². The van der Waals surface area contributed by atoms with Crippen LogP contribution in [0.1, 0.15) is 376 Å². The van der Waals surface area contributed by atoms with Crippen molar-refractivity contribution < 1.29 is 0 Å². The van der Waals surface area contributed by atoms with E-state index in [-0.39, 0.29) is 0 Å². The van der Waals surface area contributed by atoms with E-state index in [0.29, 0.717) is 32.5 Å². The Morgan fingerprint density at radius 3 is 0.896 bits per heavy atom. The largest absolute Gasteiger partial charge is 0.0625 e. The zero-order chi connectivity index (χ0) is 56.9. The van der Waals surface area contributed by atoms with E-state index in [1.807, 2.05) is 0 Å². The van der Waals surface area contributed by atoms with E-state index in [9.17, 15) is 0 Å². The minimum absolute atomic E-state index is 0.610. The first kappa shape index (κ1) is 66.1. The van der Waals surface area contributed by atoms with Gasteiger partial charge in [0.05, 0.1) is 0 Å². The Labute approximate surface area is 486 Å². The fourth-order valence-corrected chi connectivity index (χ4v) is 21.5. The fraction of sp³-hybridized carbons (Fsp3) is 1.00. The topological polar surface area (TPSA) is 0 Å². The van der Waals surface area contributed by atoms with Gasteiger partial charge in [-0.3, -0.25) is 0 Å². The highest BCUT2D eigenvalue weighted by molar-refractivity contribution is 5.03. The van der Waals surface area contributed by atoms with Crippen LogP contribution in [0.3, 0.4) is 0 Å². The van der Waals surface area contributed by atoms with Crippen molar-refractivity contribution in [3.05, 3.63) is 0 Å². The van der Waals surface area contributed by atoms with Crippen molar-refractivity contribution in [2.45, 2.75) is 376 Å². The zero-order valence-electron chi connectivity index (χ0n) is 56.9. The molecule has 0 heterocycles. The molecule has 10 aliphatic rings. The Kier molecular flexibility index (Phi) is 22.8. The van der Waals surface area contributed by atoms with Gasteiger partial charge in [-0.05, 0) is 293 Å². The molecule has 4 unspecified atom stereocenters. The van der Waals surface area contributed by atoms with Gasteiger partial charge in [0, 0.05) is 0 Å². The van der Waals surface area contributed by atoms with Crippen LogP contribution in [0.4, 0.5) is 0 Å². The molecular weight excluding hydrogens is 925 g/mol. The molecule has 452 valence electrons. The van der Waals surface area contributed by atoms with E-state index in [0.717, 1.165) is 80.8 Å². The van der Waals surface area contributed by atoms with Crippen LogP contribution < -0.4 is 0 Å². The molecule has 4 atom stereocenters. The average Bonchev–Trinajstić information content (AvgIpc) is 3.95. The highest BCUT2D eigenvalue weighted by Crippen LogP contribution is 2.64. The Hall–Kier alpha value is 0. The summed E-state index contributed by atoms with van der Waals surface area (Å²) in [7, 11) is 0. The van der Waals surface area contributed by atoms with Gasteiger partial charge in [-0.15, -0.1) is 0 Å². The van der Waals surface area contributed by atoms with E-state index < -0.39 is 0 Å². The Balaban J connectivity index is 0.000000156. The summed E-state index contributed by atoms with van der Waals surface area (Å²) in [6, 6.07) is 0. The highest BCUT2D eigenvalue weighted by atomic mass is 14.6. The van der Waals surface area contributed by atoms with Crippen LogP contribution in [0.25, 0.3) is 0 Å². The third-order valence-electron chi connectivity index (χ3n) is 28.2. The van der Waals surface area contributed by atoms with Gasteiger partial charge in [-0.25, -0.2) is 0 Å². The lowest BCUT2D eigenvalue weighted by atomic mass is 9.50. The molecule has 77 heavy (non-hydrogen) atoms. The van der Waals surface area contributed by atoms with Gasteiger partial charge in [0.25, 0.3) is 0 Å². The maximum absolute atomic E-state index is 2.55. The molecule has 10 aliphatic carbocycles. The van der Waals surface area contributed by atoms with E-state index >= 15 is 0 Å². The predicted molar refractivity (Wildman–Crippen MR) is 344 cm³/mol. The van der Waals surface area contributed by atoms with Gasteiger partial charge in [0.15, 0.2) is 0 Å². The van der Waals surface area contributed by atoms with Crippen molar-refractivity contribution in [2.24, 2.45) is 113 Å². The molecule has 0 aromatic rings. The molecule has 0 aromatic carbocycles. The lowest BCUT2D eigenvalue weighted by Gasteiger charge is -2.55. The molecule has 10 fully saturated rings. The summed E-state index contributed by atoms with van der Waals surface area (Å²) in [5, 5.41) is 0. The summed E-state index contributed by atoms with van der Waals surface area (Å²) < 4.78 is 0. The van der Waals surface area contributed by atoms with Crippen molar-refractivity contribution in [3.63, 3.8) is 0 Å². The molecule has 0 saturated heterocycles. The van der Waals surface area contributed by atoms with E-state index in [1.54, 1.807) is 0 Å². The Morgan fingerprint density at radius 2 is 0.545 bits per heavy atom. The van der Waals surface area contributed by atoms with Crippen molar-refractivity contribution in [2.75, 3.05) is 0 Å². The van der Waals surface area contributed by atoms with Crippen molar-refractivity contribution in [1.29, 1.82) is 0 Å². The molecule has 0 nitrogen and oxygen atoms in total. The second-order valence-corrected chi connectivity index (χ2v) is 36.9. The summed E-state index contributed by atoms with van der Waals surface area (Å²) >= 11 is 0. The van der Waals surface area contributed by atoms with Crippen LogP contribution in [0.2, 0.25) is 0 Å². The summed E-state index contributed by atoms with van der Waals surface area (Å²) in [6.07, 6.45) is 55.6. The first-order valence-electron chi connectivity index (χ1n) is 35.8. The average molecular weight is 1070 g/mol. The second-order valence-electron chi connectivity index (χ2n) is 36.9. The quantitative estimate of drug-likeness (QED) is 0.257. The predicted octanol–water partition coefficient (Wildman–Crippen LogP) is 25.9. The second kappa shape index (κ2) is 26.5. The normalized spacial score (nSPS) is 39.8. The highest BCUT2D eigenvalue weighted by Gasteiger charge is 2.52. The molecule has 0 aliphatic heterocycles. The maximum Gasteiger partial charge on any atom is -0.0243 e. The van der Waals surface area contributed by atoms with E-state index in [1.165, 1.54) is 238 Å². The Morgan fingerprint density at radius 1 is 0.234 bits per heavy atom. The monoisotopic (exact) mass is 1070 g/mol. The van der Waals surface area contributed by atoms with Crippen LogP contribution in [0.15, 0.2) is 0 Å². The van der Waals surface area contributed by atoms with Crippen LogP contribution in [-0.4, -0.2) is 0 Å². The lowest BCUT2D eigenvalue weighted by Crippen LogP contribution is -2.44. The fourth-order valence-electron chi connectivity index (χ4n) is 21.5. The number of rotatable bonds is 5. The van der Waals surface area contributed by atoms with Crippen LogP contribution in [0.5, 0.6) is 0 Å². The summed E-state index contributed by atoms with van der Waals surface area (Å²) in [5.41, 5.74) is 6.84. The molecule has 10 rings (SSSR count). The lowest BCUT2D eigenvalue weighted by molar-refractivity contribution is -0.0442. The van der Waals surface area contributed by atoms with Crippen molar-refractivity contribution >= 4 is 0 Å². The first-order valence-corrected chi connectivity index (χ1v) is 35.8. The summed E-state index contributed by atoms with van der Waals surface area (Å²) in [4.78, 5) is 0. The van der Waals surface area contributed by atoms with E-state index in [2.05, 4.69) is 138 Å². The standard InChI is InChI=1S/2C16H30.3C15H28/c1-13(2)14-7-11-16(12-8-14)10-6-5-9-15(16,3)4;1-13(2)14-8-7-11-16(12-14)10-6-5-9-15(16,3)4;1-12(2)13-6-10-15(11-7-13)9-5-8-14(15,3)4;1-12(2)13-5-7-15(8-6-13)10-9-14(3,4)11-15;1-12(2)13-6-5-7-15(10-13)9-8-14(3,4)11-15/h2*13-14H,5-12H2,1-4H3;3*12-13H,5-11H2,1-4H3. The van der Waals surface area contributed by atoms with Crippen LogP contribution in [0, 0.1) is 113 Å². The molecule has 0 bridgehead atoms. The first-order chi connectivity index (χ1) is 35.8. The smallest absolute Gasteiger partial charge is 0.0243 e. The zero-order valence-corrected chi connectivity index (χ0v) is 56.9. The SMILES string of the molecule is CC(C)C1CCC2(CC1)CCC(C)(C)C2.CC(C)C1CCC2(CCCC2(C)C)CC1.CC(C)C1CCC2(CCCCC2(C)C)CC1.CC(C)C1CCCC2(CCC(C)(C)C2)C1.CC(C)C1CCCC2(CCCCC2(C)C)C1. The molecule has 0 N–H and O–H groups in total. The molecular formula is C77H144. The van der Waals surface area contributed by atoms with Gasteiger partial charge < -0.3 is 0 Å². The minimum atomic E-state index is 0.610. The van der Waals surface area contributed by atoms with Crippen LogP contribution in [-0.2, 0) is 0 Å². The van der Waals surface area contributed by atoms with Crippen molar-refractivity contribution in [3.8, 4) is 0 Å². The molecule has 0 radical (unpaired) electrons. The van der Waals surface area contributed by atoms with Gasteiger partial charge in [0.2, 0.25) is 0 Å². The number of hydrogen-bond donors (Lipinski definition) is 0. The third kappa shape index (κ3) is 16.5. The maximum atomic E-state index is 2.55. The molecule has 0 amide bonds. The summed E-state index contributed by atoms with van der Waals surface area (Å²) in [5.74, 6) is 9.63.